The topological polar surface area (TPSA) is 29.9 Å². The third-order valence-electron chi connectivity index (χ3n) is 3.07. The molecular formula is C13H15N3. The van der Waals surface area contributed by atoms with Crippen molar-refractivity contribution in [1.29, 1.82) is 0 Å². The number of aryl methyl sites for hydroxylation is 1. The molecule has 82 valence electrons. The van der Waals surface area contributed by atoms with Gasteiger partial charge < -0.3 is 5.32 Å². The number of hydrogen-bond acceptors (Lipinski definition) is 2. The molecule has 0 atom stereocenters. The van der Waals surface area contributed by atoms with Crippen molar-refractivity contribution in [1.82, 2.24) is 15.1 Å². The predicted molar refractivity (Wildman–Crippen MR) is 66.2 cm³/mol. The van der Waals surface area contributed by atoms with Gasteiger partial charge in [-0.25, -0.2) is 0 Å². The summed E-state index contributed by atoms with van der Waals surface area (Å²) < 4.78 is 1.99. The fourth-order valence-electron chi connectivity index (χ4n) is 2.35. The molecule has 3 rings (SSSR count). The van der Waals surface area contributed by atoms with E-state index in [0.29, 0.717) is 0 Å². The summed E-state index contributed by atoms with van der Waals surface area (Å²) >= 11 is 0. The van der Waals surface area contributed by atoms with Crippen LogP contribution in [0.25, 0.3) is 16.5 Å². The van der Waals surface area contributed by atoms with E-state index >= 15 is 0 Å². The maximum atomic E-state index is 4.54. The van der Waals surface area contributed by atoms with Crippen LogP contribution in [0.3, 0.4) is 0 Å². The number of rotatable bonds is 1. The van der Waals surface area contributed by atoms with Gasteiger partial charge in [0, 0.05) is 19.0 Å². The number of benzene rings is 1. The molecule has 1 aromatic heterocycles. The molecule has 0 fully saturated rings. The summed E-state index contributed by atoms with van der Waals surface area (Å²) in [7, 11) is 2.02. The quantitative estimate of drug-likeness (QED) is 0.784. The van der Waals surface area contributed by atoms with Gasteiger partial charge >= 0.3 is 0 Å². The van der Waals surface area contributed by atoms with Gasteiger partial charge in [-0.05, 0) is 24.6 Å². The lowest BCUT2D eigenvalue weighted by atomic mass is 10.0. The van der Waals surface area contributed by atoms with E-state index in [1.165, 1.54) is 16.7 Å². The summed E-state index contributed by atoms with van der Waals surface area (Å²) in [6.45, 7) is 2.03. The lowest BCUT2D eigenvalue weighted by Gasteiger charge is -2.14. The molecule has 0 saturated carbocycles. The molecule has 1 aliphatic heterocycles. The van der Waals surface area contributed by atoms with Crippen LogP contribution in [0.4, 0.5) is 0 Å². The van der Waals surface area contributed by atoms with Crippen LogP contribution in [-0.4, -0.2) is 22.9 Å². The molecule has 2 heterocycles. The van der Waals surface area contributed by atoms with E-state index in [-0.39, 0.29) is 0 Å². The van der Waals surface area contributed by atoms with Crippen molar-refractivity contribution in [2.45, 2.75) is 6.42 Å². The first-order chi connectivity index (χ1) is 7.86. The maximum Gasteiger partial charge on any atom is 0.0929 e. The Morgan fingerprint density at radius 1 is 1.31 bits per heavy atom. The van der Waals surface area contributed by atoms with Gasteiger partial charge in [-0.15, -0.1) is 0 Å². The van der Waals surface area contributed by atoms with Crippen molar-refractivity contribution < 1.29 is 0 Å². The standard InChI is InChI=1S/C13H15N3/c1-16-13(10-5-4-8-14-9-10)11-6-2-3-7-12(11)15-16/h2-3,5-7,14H,4,8-9H2,1H3. The molecule has 1 aromatic carbocycles. The molecule has 0 saturated heterocycles. The molecule has 3 nitrogen and oxygen atoms in total. The van der Waals surface area contributed by atoms with Crippen LogP contribution in [-0.2, 0) is 7.05 Å². The molecule has 0 spiro atoms. The fraction of sp³-hybridized carbons (Fsp3) is 0.308. The molecule has 1 aliphatic rings. The Morgan fingerprint density at radius 3 is 3.00 bits per heavy atom. The summed E-state index contributed by atoms with van der Waals surface area (Å²) in [5.41, 5.74) is 3.69. The molecule has 0 unspecified atom stereocenters. The van der Waals surface area contributed by atoms with Crippen LogP contribution in [0.2, 0.25) is 0 Å². The molecule has 2 aromatic rings. The Labute approximate surface area is 94.8 Å². The Morgan fingerprint density at radius 2 is 2.19 bits per heavy atom. The molecule has 0 bridgehead atoms. The van der Waals surface area contributed by atoms with E-state index in [1.54, 1.807) is 0 Å². The first kappa shape index (κ1) is 9.60. The van der Waals surface area contributed by atoms with E-state index in [2.05, 4.69) is 34.7 Å². The van der Waals surface area contributed by atoms with Crippen LogP contribution in [0.15, 0.2) is 30.3 Å². The highest BCUT2D eigenvalue weighted by Crippen LogP contribution is 2.25. The van der Waals surface area contributed by atoms with E-state index in [1.807, 2.05) is 17.8 Å². The van der Waals surface area contributed by atoms with Crippen molar-refractivity contribution in [2.75, 3.05) is 13.1 Å². The van der Waals surface area contributed by atoms with Crippen molar-refractivity contribution in [3.63, 3.8) is 0 Å². The second-order valence-electron chi connectivity index (χ2n) is 4.18. The van der Waals surface area contributed by atoms with Crippen LogP contribution in [0, 0.1) is 0 Å². The van der Waals surface area contributed by atoms with Crippen LogP contribution in [0.5, 0.6) is 0 Å². The average molecular weight is 213 g/mol. The fourth-order valence-corrected chi connectivity index (χ4v) is 2.35. The minimum Gasteiger partial charge on any atom is -0.312 e. The Balaban J connectivity index is 2.21. The van der Waals surface area contributed by atoms with Crippen molar-refractivity contribution in [3.05, 3.63) is 36.0 Å². The number of hydrogen-bond donors (Lipinski definition) is 1. The SMILES string of the molecule is Cn1nc2ccccc2c1C1=CCCNC1. The first-order valence-electron chi connectivity index (χ1n) is 5.68. The monoisotopic (exact) mass is 213 g/mol. The molecule has 16 heavy (non-hydrogen) atoms. The van der Waals surface area contributed by atoms with Crippen LogP contribution < -0.4 is 5.32 Å². The summed E-state index contributed by atoms with van der Waals surface area (Å²) in [6.07, 6.45) is 3.43. The molecule has 1 N–H and O–H groups in total. The van der Waals surface area contributed by atoms with Gasteiger partial charge in [-0.3, -0.25) is 4.68 Å². The Bertz CT molecular complexity index is 551. The highest BCUT2D eigenvalue weighted by molar-refractivity contribution is 5.91. The summed E-state index contributed by atoms with van der Waals surface area (Å²) in [5.74, 6) is 0. The van der Waals surface area contributed by atoms with Gasteiger partial charge in [-0.2, -0.15) is 5.10 Å². The number of fused-ring (bicyclic) bond motifs is 1. The third kappa shape index (κ3) is 1.44. The van der Waals surface area contributed by atoms with Crippen molar-refractivity contribution >= 4 is 16.5 Å². The second kappa shape index (κ2) is 3.76. The molecule has 0 aliphatic carbocycles. The summed E-state index contributed by atoms with van der Waals surface area (Å²) in [5, 5.41) is 9.19. The first-order valence-corrected chi connectivity index (χ1v) is 5.68. The highest BCUT2D eigenvalue weighted by Gasteiger charge is 2.13. The van der Waals surface area contributed by atoms with Gasteiger partial charge in [0.15, 0.2) is 0 Å². The maximum absolute atomic E-state index is 4.54. The predicted octanol–water partition coefficient (Wildman–Crippen LogP) is 1.95. The van der Waals surface area contributed by atoms with Crippen LogP contribution in [0.1, 0.15) is 12.1 Å². The average Bonchev–Trinajstić information content (AvgIpc) is 2.66. The Kier molecular flexibility index (Phi) is 2.26. The second-order valence-corrected chi connectivity index (χ2v) is 4.18. The largest absolute Gasteiger partial charge is 0.312 e. The lowest BCUT2D eigenvalue weighted by molar-refractivity contribution is 0.717. The molecule has 0 radical (unpaired) electrons. The van der Waals surface area contributed by atoms with Gasteiger partial charge in [0.05, 0.1) is 11.2 Å². The normalized spacial score (nSPS) is 16.4. The minimum atomic E-state index is 0.948. The zero-order valence-electron chi connectivity index (χ0n) is 9.40. The van der Waals surface area contributed by atoms with Gasteiger partial charge in [-0.1, -0.05) is 24.3 Å². The zero-order chi connectivity index (χ0) is 11.0. The Hall–Kier alpha value is -1.61. The van der Waals surface area contributed by atoms with Gasteiger partial charge in [0.1, 0.15) is 0 Å². The highest BCUT2D eigenvalue weighted by atomic mass is 15.3. The van der Waals surface area contributed by atoms with E-state index < -0.39 is 0 Å². The summed E-state index contributed by atoms with van der Waals surface area (Å²) in [6, 6.07) is 8.32. The van der Waals surface area contributed by atoms with E-state index in [0.717, 1.165) is 25.0 Å². The zero-order valence-corrected chi connectivity index (χ0v) is 9.40. The smallest absolute Gasteiger partial charge is 0.0929 e. The van der Waals surface area contributed by atoms with E-state index in [9.17, 15) is 0 Å². The van der Waals surface area contributed by atoms with Crippen LogP contribution >= 0.6 is 0 Å². The molecule has 0 amide bonds. The van der Waals surface area contributed by atoms with Crippen molar-refractivity contribution in [2.24, 2.45) is 7.05 Å². The number of nitrogens with zero attached hydrogens (tertiary/aromatic N) is 2. The van der Waals surface area contributed by atoms with Crippen molar-refractivity contribution in [3.8, 4) is 0 Å². The summed E-state index contributed by atoms with van der Waals surface area (Å²) in [4.78, 5) is 0. The molecule has 3 heteroatoms. The number of aromatic nitrogens is 2. The van der Waals surface area contributed by atoms with E-state index in [4.69, 9.17) is 0 Å². The lowest BCUT2D eigenvalue weighted by Crippen LogP contribution is -2.22. The third-order valence-corrected chi connectivity index (χ3v) is 3.07. The van der Waals surface area contributed by atoms with Gasteiger partial charge in [0.2, 0.25) is 0 Å². The molecular weight excluding hydrogens is 198 g/mol. The number of nitrogens with one attached hydrogen (secondary N) is 1. The minimum absolute atomic E-state index is 0.948. The van der Waals surface area contributed by atoms with Gasteiger partial charge in [0.25, 0.3) is 0 Å².